The highest BCUT2D eigenvalue weighted by Gasteiger charge is 2.62. The Labute approximate surface area is 167 Å². The van der Waals surface area contributed by atoms with Gasteiger partial charge in [-0.05, 0) is 55.7 Å². The zero-order chi connectivity index (χ0) is 19.6. The van der Waals surface area contributed by atoms with E-state index in [-0.39, 0.29) is 29.5 Å². The Hall–Kier alpha value is -1.75. The molecule has 5 nitrogen and oxygen atoms in total. The van der Waals surface area contributed by atoms with E-state index < -0.39 is 0 Å². The van der Waals surface area contributed by atoms with Gasteiger partial charge in [0.25, 0.3) is 0 Å². The third-order valence-electron chi connectivity index (χ3n) is 7.73. The van der Waals surface area contributed by atoms with Gasteiger partial charge in [0.05, 0.1) is 7.11 Å². The van der Waals surface area contributed by atoms with Gasteiger partial charge in [-0.25, -0.2) is 0 Å². The van der Waals surface area contributed by atoms with Crippen LogP contribution < -0.4 is 9.47 Å². The average Bonchev–Trinajstić information content (AvgIpc) is 3.13. The fourth-order valence-electron chi connectivity index (χ4n) is 6.66. The second-order valence-corrected chi connectivity index (χ2v) is 9.46. The van der Waals surface area contributed by atoms with Crippen LogP contribution in [0.15, 0.2) is 12.1 Å². The highest BCUT2D eigenvalue weighted by Crippen LogP contribution is 2.63. The summed E-state index contributed by atoms with van der Waals surface area (Å²) in [6, 6.07) is 4.77. The Morgan fingerprint density at radius 2 is 2.21 bits per heavy atom. The first-order valence-corrected chi connectivity index (χ1v) is 10.7. The number of esters is 1. The molecule has 2 heterocycles. The van der Waals surface area contributed by atoms with Gasteiger partial charge in [-0.15, -0.1) is 0 Å². The molecule has 2 aliphatic carbocycles. The average molecular weight is 386 g/mol. The number of ether oxygens (including phenoxy) is 3. The number of carbonyl (C=O) groups is 1. The Morgan fingerprint density at radius 3 is 2.96 bits per heavy atom. The van der Waals surface area contributed by atoms with Gasteiger partial charge in [0.15, 0.2) is 11.5 Å². The highest BCUT2D eigenvalue weighted by atomic mass is 16.6. The molecular formula is C23H31NO4. The molecule has 0 spiro atoms. The van der Waals surface area contributed by atoms with E-state index in [1.165, 1.54) is 11.1 Å². The zero-order valence-corrected chi connectivity index (χ0v) is 17.4. The number of carbonyl (C=O) groups excluding carboxylic acids is 1. The lowest BCUT2D eigenvalue weighted by Gasteiger charge is -2.40. The van der Waals surface area contributed by atoms with E-state index in [1.807, 2.05) is 13.0 Å². The van der Waals surface area contributed by atoms with Crippen molar-refractivity contribution >= 4 is 5.97 Å². The summed E-state index contributed by atoms with van der Waals surface area (Å²) in [7, 11) is 3.97. The number of hydrogen-bond donors (Lipinski definition) is 0. The summed E-state index contributed by atoms with van der Waals surface area (Å²) in [5.74, 6) is 2.40. The molecule has 1 saturated carbocycles. The predicted molar refractivity (Wildman–Crippen MR) is 106 cm³/mol. The number of hydrogen-bond acceptors (Lipinski definition) is 5. The van der Waals surface area contributed by atoms with E-state index in [0.717, 1.165) is 43.7 Å². The minimum atomic E-state index is -0.180. The third kappa shape index (κ3) is 2.44. The van der Waals surface area contributed by atoms with Crippen molar-refractivity contribution in [3.63, 3.8) is 0 Å². The smallest absolute Gasteiger partial charge is 0.306 e. The van der Waals surface area contributed by atoms with Crippen molar-refractivity contribution < 1.29 is 19.0 Å². The molecule has 6 unspecified atom stereocenters. The van der Waals surface area contributed by atoms with Crippen molar-refractivity contribution in [3.05, 3.63) is 23.3 Å². The second-order valence-electron chi connectivity index (χ2n) is 9.46. The topological polar surface area (TPSA) is 48.0 Å². The van der Waals surface area contributed by atoms with Crippen molar-refractivity contribution in [2.45, 2.75) is 70.1 Å². The van der Waals surface area contributed by atoms with Crippen LogP contribution in [0, 0.1) is 11.3 Å². The largest absolute Gasteiger partial charge is 0.493 e. The van der Waals surface area contributed by atoms with Crippen LogP contribution in [0.1, 0.15) is 56.6 Å². The Bertz CT molecular complexity index is 808. The lowest BCUT2D eigenvalue weighted by Crippen LogP contribution is -2.45. The summed E-state index contributed by atoms with van der Waals surface area (Å²) in [4.78, 5) is 14.9. The first-order valence-electron chi connectivity index (χ1n) is 10.7. The van der Waals surface area contributed by atoms with Gasteiger partial charge >= 0.3 is 5.97 Å². The van der Waals surface area contributed by atoms with Gasteiger partial charge in [-0.3, -0.25) is 4.79 Å². The molecule has 0 bridgehead atoms. The number of methoxy groups -OCH3 is 1. The summed E-state index contributed by atoms with van der Waals surface area (Å²) >= 11 is 0. The molecule has 6 atom stereocenters. The first kappa shape index (κ1) is 18.3. The zero-order valence-electron chi connectivity index (χ0n) is 17.4. The van der Waals surface area contributed by atoms with E-state index in [9.17, 15) is 4.79 Å². The minimum absolute atomic E-state index is 0.0964. The van der Waals surface area contributed by atoms with E-state index >= 15 is 0 Å². The van der Waals surface area contributed by atoms with Crippen LogP contribution in [0.3, 0.4) is 0 Å². The standard InChI is InChI=1S/C23H31NO4/c1-5-6-17(25)27-16-9-10-23(2)12-24(3)14-11-13-7-8-15(26-4)21-18(13)19(20(14)23)22(16)28-21/h7-8,14,16,19-20,22H,5-6,9-12H2,1-4H3. The minimum Gasteiger partial charge on any atom is -0.493 e. The Balaban J connectivity index is 1.61. The van der Waals surface area contributed by atoms with Crippen LogP contribution in [-0.2, 0) is 16.0 Å². The molecule has 0 amide bonds. The summed E-state index contributed by atoms with van der Waals surface area (Å²) in [6.45, 7) is 5.55. The molecule has 0 aromatic heterocycles. The SMILES string of the molecule is CCCC(=O)OC1CCC2(C)CN(C)C3Cc4ccc(OC)c5c4C(C1O5)C32. The third-order valence-corrected chi connectivity index (χ3v) is 7.73. The fourth-order valence-corrected chi connectivity index (χ4v) is 6.66. The van der Waals surface area contributed by atoms with Crippen LogP contribution in [-0.4, -0.2) is 49.8 Å². The van der Waals surface area contributed by atoms with Crippen LogP contribution in [0.2, 0.25) is 0 Å². The van der Waals surface area contributed by atoms with E-state index in [1.54, 1.807) is 7.11 Å². The quantitative estimate of drug-likeness (QED) is 0.742. The fraction of sp³-hybridized carbons (Fsp3) is 0.696. The van der Waals surface area contributed by atoms with E-state index in [2.05, 4.69) is 24.9 Å². The molecule has 1 aromatic carbocycles. The monoisotopic (exact) mass is 385 g/mol. The molecular weight excluding hydrogens is 354 g/mol. The van der Waals surface area contributed by atoms with Gasteiger partial charge in [0.2, 0.25) is 0 Å². The van der Waals surface area contributed by atoms with Crippen LogP contribution in [0.25, 0.3) is 0 Å². The van der Waals surface area contributed by atoms with Crippen molar-refractivity contribution in [3.8, 4) is 11.5 Å². The molecule has 0 N–H and O–H groups in total. The lowest BCUT2D eigenvalue weighted by molar-refractivity contribution is -0.154. The maximum absolute atomic E-state index is 12.4. The van der Waals surface area contributed by atoms with Crippen molar-refractivity contribution in [2.75, 3.05) is 20.7 Å². The molecule has 152 valence electrons. The van der Waals surface area contributed by atoms with Crippen molar-refractivity contribution in [1.82, 2.24) is 4.90 Å². The molecule has 0 radical (unpaired) electrons. The van der Waals surface area contributed by atoms with Gasteiger partial charge < -0.3 is 19.1 Å². The van der Waals surface area contributed by atoms with E-state index in [4.69, 9.17) is 14.2 Å². The van der Waals surface area contributed by atoms with E-state index in [0.29, 0.717) is 18.4 Å². The number of benzene rings is 1. The number of nitrogens with zero attached hydrogens (tertiary/aromatic N) is 1. The summed E-state index contributed by atoms with van der Waals surface area (Å²) < 4.78 is 18.2. The highest BCUT2D eigenvalue weighted by molar-refractivity contribution is 5.69. The number of likely N-dealkylation sites (tertiary alicyclic amines) is 1. The summed E-state index contributed by atoms with van der Waals surface area (Å²) in [5, 5.41) is 0. The molecule has 28 heavy (non-hydrogen) atoms. The Morgan fingerprint density at radius 1 is 1.39 bits per heavy atom. The molecule has 2 fully saturated rings. The molecule has 2 aliphatic heterocycles. The predicted octanol–water partition coefficient (Wildman–Crippen LogP) is 3.54. The van der Waals surface area contributed by atoms with Crippen LogP contribution in [0.4, 0.5) is 0 Å². The molecule has 5 heteroatoms. The lowest BCUT2D eigenvalue weighted by atomic mass is 9.62. The number of rotatable bonds is 4. The number of likely N-dealkylation sites (N-methyl/N-ethyl adjacent to an activating group) is 1. The maximum atomic E-state index is 12.4. The molecule has 1 saturated heterocycles. The van der Waals surface area contributed by atoms with Gasteiger partial charge in [-0.2, -0.15) is 0 Å². The first-order chi connectivity index (χ1) is 13.5. The van der Waals surface area contributed by atoms with Crippen LogP contribution >= 0.6 is 0 Å². The molecule has 4 aliphatic rings. The van der Waals surface area contributed by atoms with Crippen molar-refractivity contribution in [2.24, 2.45) is 11.3 Å². The van der Waals surface area contributed by atoms with Gasteiger partial charge in [-0.1, -0.05) is 19.9 Å². The van der Waals surface area contributed by atoms with Gasteiger partial charge in [0, 0.05) is 30.5 Å². The molecule has 1 aromatic rings. The van der Waals surface area contributed by atoms with Crippen molar-refractivity contribution in [1.29, 1.82) is 0 Å². The summed E-state index contributed by atoms with van der Waals surface area (Å²) in [5.41, 5.74) is 2.92. The normalized spacial score (nSPS) is 37.8. The Kier molecular flexibility index (Phi) is 4.17. The maximum Gasteiger partial charge on any atom is 0.306 e. The summed E-state index contributed by atoms with van der Waals surface area (Å²) in [6.07, 6.45) is 4.01. The molecule has 5 rings (SSSR count). The van der Waals surface area contributed by atoms with Crippen LogP contribution in [0.5, 0.6) is 11.5 Å². The second kappa shape index (κ2) is 6.38. The van der Waals surface area contributed by atoms with Gasteiger partial charge in [0.1, 0.15) is 12.2 Å².